The van der Waals surface area contributed by atoms with Crippen molar-refractivity contribution >= 4 is 0 Å². The molecule has 1 heterocycles. The fourth-order valence-corrected chi connectivity index (χ4v) is 1.96. The van der Waals surface area contributed by atoms with E-state index in [-0.39, 0.29) is 0 Å². The first-order valence-electron chi connectivity index (χ1n) is 5.09. The van der Waals surface area contributed by atoms with Crippen LogP contribution in [-0.4, -0.2) is 31.5 Å². The summed E-state index contributed by atoms with van der Waals surface area (Å²) >= 11 is 0. The molecule has 0 bridgehead atoms. The van der Waals surface area contributed by atoms with E-state index >= 15 is 0 Å². The van der Waals surface area contributed by atoms with Crippen LogP contribution in [0.3, 0.4) is 0 Å². The van der Waals surface area contributed by atoms with Gasteiger partial charge in [-0.05, 0) is 33.1 Å². The maximum atomic E-state index is 5.83. The molecule has 1 aliphatic rings. The van der Waals surface area contributed by atoms with E-state index in [1.54, 1.807) is 7.11 Å². The standard InChI is InChI=1S/C10H21NO3/c1-9(2,14-11)10(8-12-3)6-4-5-7-13-10/h4-8,11H2,1-3H3. The van der Waals surface area contributed by atoms with E-state index in [0.717, 1.165) is 25.9 Å². The number of hydrogen-bond acceptors (Lipinski definition) is 4. The van der Waals surface area contributed by atoms with Crippen LogP contribution in [0.5, 0.6) is 0 Å². The van der Waals surface area contributed by atoms with Gasteiger partial charge in [-0.15, -0.1) is 0 Å². The molecule has 14 heavy (non-hydrogen) atoms. The quantitative estimate of drug-likeness (QED) is 0.698. The summed E-state index contributed by atoms with van der Waals surface area (Å²) in [5, 5.41) is 0. The van der Waals surface area contributed by atoms with Crippen molar-refractivity contribution in [2.45, 2.75) is 44.3 Å². The van der Waals surface area contributed by atoms with Gasteiger partial charge in [0.15, 0.2) is 0 Å². The van der Waals surface area contributed by atoms with Crippen LogP contribution in [0.25, 0.3) is 0 Å². The van der Waals surface area contributed by atoms with Crippen LogP contribution in [-0.2, 0) is 14.3 Å². The van der Waals surface area contributed by atoms with Gasteiger partial charge >= 0.3 is 0 Å². The van der Waals surface area contributed by atoms with E-state index in [4.69, 9.17) is 20.2 Å². The van der Waals surface area contributed by atoms with E-state index in [1.165, 1.54) is 0 Å². The highest BCUT2D eigenvalue weighted by Gasteiger charge is 2.48. The van der Waals surface area contributed by atoms with Gasteiger partial charge in [-0.3, -0.25) is 4.84 Å². The average molecular weight is 203 g/mol. The third kappa shape index (κ3) is 2.08. The predicted octanol–water partition coefficient (Wildman–Crippen LogP) is 1.24. The Bertz CT molecular complexity index is 171. The van der Waals surface area contributed by atoms with Crippen LogP contribution in [0.1, 0.15) is 33.1 Å². The molecule has 0 saturated carbocycles. The Morgan fingerprint density at radius 3 is 2.57 bits per heavy atom. The van der Waals surface area contributed by atoms with Gasteiger partial charge in [0.25, 0.3) is 0 Å². The molecular weight excluding hydrogens is 182 g/mol. The smallest absolute Gasteiger partial charge is 0.122 e. The summed E-state index contributed by atoms with van der Waals surface area (Å²) in [5.41, 5.74) is -0.905. The summed E-state index contributed by atoms with van der Waals surface area (Å²) in [4.78, 5) is 5.03. The summed E-state index contributed by atoms with van der Waals surface area (Å²) < 4.78 is 11.0. The van der Waals surface area contributed by atoms with Gasteiger partial charge in [-0.2, -0.15) is 0 Å². The molecule has 0 aromatic carbocycles. The van der Waals surface area contributed by atoms with Gasteiger partial charge in [0, 0.05) is 13.7 Å². The highest BCUT2D eigenvalue weighted by Crippen LogP contribution is 2.36. The van der Waals surface area contributed by atoms with E-state index in [2.05, 4.69) is 0 Å². The monoisotopic (exact) mass is 203 g/mol. The molecule has 1 rings (SSSR count). The Balaban J connectivity index is 2.78. The van der Waals surface area contributed by atoms with Crippen molar-refractivity contribution in [1.29, 1.82) is 0 Å². The minimum Gasteiger partial charge on any atom is -0.382 e. The maximum absolute atomic E-state index is 5.83. The van der Waals surface area contributed by atoms with Crippen molar-refractivity contribution in [1.82, 2.24) is 0 Å². The number of methoxy groups -OCH3 is 1. The number of hydrogen-bond donors (Lipinski definition) is 1. The van der Waals surface area contributed by atoms with E-state index < -0.39 is 11.2 Å². The maximum Gasteiger partial charge on any atom is 0.122 e. The Morgan fingerprint density at radius 1 is 1.43 bits per heavy atom. The van der Waals surface area contributed by atoms with Gasteiger partial charge in [-0.1, -0.05) is 0 Å². The molecule has 2 N–H and O–H groups in total. The van der Waals surface area contributed by atoms with Gasteiger partial charge in [0.2, 0.25) is 0 Å². The van der Waals surface area contributed by atoms with Crippen molar-refractivity contribution in [3.05, 3.63) is 0 Å². The molecule has 1 saturated heterocycles. The zero-order valence-electron chi connectivity index (χ0n) is 9.34. The molecule has 4 nitrogen and oxygen atoms in total. The molecule has 1 atom stereocenters. The molecule has 0 aromatic heterocycles. The zero-order valence-corrected chi connectivity index (χ0v) is 9.34. The Kier molecular flexibility index (Phi) is 3.89. The van der Waals surface area contributed by atoms with E-state index in [1.807, 2.05) is 13.8 Å². The number of rotatable bonds is 4. The fourth-order valence-electron chi connectivity index (χ4n) is 1.96. The summed E-state index contributed by atoms with van der Waals surface area (Å²) in [7, 11) is 1.67. The molecule has 0 spiro atoms. The first-order valence-corrected chi connectivity index (χ1v) is 5.09. The van der Waals surface area contributed by atoms with Gasteiger partial charge in [0.05, 0.1) is 6.61 Å². The first-order chi connectivity index (χ1) is 6.58. The third-order valence-corrected chi connectivity index (χ3v) is 3.12. The number of nitrogens with two attached hydrogens (primary N) is 1. The molecule has 1 unspecified atom stereocenters. The SMILES string of the molecule is COCC1(C(C)(C)ON)CCCCO1. The summed E-state index contributed by atoms with van der Waals surface area (Å²) in [6.07, 6.45) is 3.17. The molecular formula is C10H21NO3. The van der Waals surface area contributed by atoms with E-state index in [9.17, 15) is 0 Å². The summed E-state index contributed by atoms with van der Waals surface area (Å²) in [6, 6.07) is 0. The highest BCUT2D eigenvalue weighted by molar-refractivity contribution is 4.98. The molecule has 4 heteroatoms. The lowest BCUT2D eigenvalue weighted by molar-refractivity contribution is -0.230. The zero-order chi connectivity index (χ0) is 10.7. The normalized spacial score (nSPS) is 29.1. The van der Waals surface area contributed by atoms with Crippen LogP contribution in [0.4, 0.5) is 0 Å². The second kappa shape index (κ2) is 4.57. The van der Waals surface area contributed by atoms with Crippen molar-refractivity contribution < 1.29 is 14.3 Å². The molecule has 0 aliphatic carbocycles. The predicted molar refractivity (Wildman–Crippen MR) is 53.8 cm³/mol. The minimum atomic E-state index is -0.510. The first kappa shape index (κ1) is 11.9. The Hall–Kier alpha value is -0.160. The highest BCUT2D eigenvalue weighted by atomic mass is 16.7. The second-order valence-electron chi connectivity index (χ2n) is 4.36. The average Bonchev–Trinajstić information content (AvgIpc) is 2.19. The lowest BCUT2D eigenvalue weighted by atomic mass is 9.80. The van der Waals surface area contributed by atoms with Crippen molar-refractivity contribution in [2.75, 3.05) is 20.3 Å². The van der Waals surface area contributed by atoms with Gasteiger partial charge < -0.3 is 9.47 Å². The topological polar surface area (TPSA) is 53.7 Å². The van der Waals surface area contributed by atoms with Crippen LogP contribution in [0.2, 0.25) is 0 Å². The van der Waals surface area contributed by atoms with Crippen LogP contribution < -0.4 is 5.90 Å². The summed E-state index contributed by atoms with van der Waals surface area (Å²) in [6.45, 7) is 5.17. The minimum absolute atomic E-state index is 0.394. The van der Waals surface area contributed by atoms with Crippen LogP contribution >= 0.6 is 0 Å². The lowest BCUT2D eigenvalue weighted by Crippen LogP contribution is -2.59. The molecule has 1 aliphatic heterocycles. The van der Waals surface area contributed by atoms with Crippen LogP contribution in [0.15, 0.2) is 0 Å². The Morgan fingerprint density at radius 2 is 2.14 bits per heavy atom. The molecule has 0 radical (unpaired) electrons. The molecule has 1 fully saturated rings. The van der Waals surface area contributed by atoms with Crippen LogP contribution in [0, 0.1) is 0 Å². The molecule has 84 valence electrons. The molecule has 0 amide bonds. The largest absolute Gasteiger partial charge is 0.382 e. The fraction of sp³-hybridized carbons (Fsp3) is 1.00. The van der Waals surface area contributed by atoms with Gasteiger partial charge in [0.1, 0.15) is 11.2 Å². The molecule has 0 aromatic rings. The summed E-state index contributed by atoms with van der Waals surface area (Å²) in [5.74, 6) is 5.32. The van der Waals surface area contributed by atoms with Crippen molar-refractivity contribution in [2.24, 2.45) is 5.90 Å². The Labute approximate surface area is 85.7 Å². The number of ether oxygens (including phenoxy) is 2. The van der Waals surface area contributed by atoms with Crippen molar-refractivity contribution in [3.63, 3.8) is 0 Å². The van der Waals surface area contributed by atoms with E-state index in [0.29, 0.717) is 6.61 Å². The second-order valence-corrected chi connectivity index (χ2v) is 4.36. The lowest BCUT2D eigenvalue weighted by Gasteiger charge is -2.46. The van der Waals surface area contributed by atoms with Crippen molar-refractivity contribution in [3.8, 4) is 0 Å². The van der Waals surface area contributed by atoms with Gasteiger partial charge in [-0.25, -0.2) is 5.90 Å². The third-order valence-electron chi connectivity index (χ3n) is 3.12.